The third-order valence-electron chi connectivity index (χ3n) is 5.91. The fraction of sp³-hybridized carbons (Fsp3) is 0.200. The van der Waals surface area contributed by atoms with Crippen LogP contribution in [0, 0.1) is 5.41 Å². The summed E-state index contributed by atoms with van der Waals surface area (Å²) in [5.74, 6) is 0.769. The van der Waals surface area contributed by atoms with Gasteiger partial charge in [-0.15, -0.1) is 16.4 Å². The summed E-state index contributed by atoms with van der Waals surface area (Å²) in [5, 5.41) is 17.3. The Labute approximate surface area is 220 Å². The maximum atomic E-state index is 13.0. The Hall–Kier alpha value is -4.62. The first-order chi connectivity index (χ1) is 18.4. The summed E-state index contributed by atoms with van der Waals surface area (Å²) in [4.78, 5) is 28.3. The SMILES string of the molecule is COC(=O)c1sccc1-n1nc(C(Nc2ccc(C(=N)N)cc2)c2cc3c(c(OC)c2)OCOC3)[nH]c1=O. The molecule has 0 bridgehead atoms. The van der Waals surface area contributed by atoms with Crippen LogP contribution in [0.2, 0.25) is 0 Å². The lowest BCUT2D eigenvalue weighted by molar-refractivity contribution is -0.0180. The lowest BCUT2D eigenvalue weighted by atomic mass is 10.0. The minimum Gasteiger partial charge on any atom is -0.493 e. The summed E-state index contributed by atoms with van der Waals surface area (Å²) < 4.78 is 22.7. The number of methoxy groups -OCH3 is 2. The predicted octanol–water partition coefficient (Wildman–Crippen LogP) is 2.77. The molecule has 1 unspecified atom stereocenters. The van der Waals surface area contributed by atoms with E-state index in [2.05, 4.69) is 15.4 Å². The number of hydrogen-bond acceptors (Lipinski definition) is 10. The number of carbonyl (C=O) groups excluding carboxylic acids is 1. The van der Waals surface area contributed by atoms with Crippen LogP contribution >= 0.6 is 11.3 Å². The molecule has 4 aromatic rings. The summed E-state index contributed by atoms with van der Waals surface area (Å²) >= 11 is 1.15. The molecule has 0 saturated carbocycles. The van der Waals surface area contributed by atoms with Crippen molar-refractivity contribution in [2.75, 3.05) is 26.3 Å². The number of benzene rings is 2. The molecule has 196 valence electrons. The topological polar surface area (TPSA) is 167 Å². The second-order valence-corrected chi connectivity index (χ2v) is 9.16. The largest absolute Gasteiger partial charge is 0.493 e. The smallest absolute Gasteiger partial charge is 0.350 e. The number of carbonyl (C=O) groups is 1. The van der Waals surface area contributed by atoms with E-state index in [1.54, 1.807) is 48.9 Å². The Morgan fingerprint density at radius 3 is 2.76 bits per heavy atom. The minimum atomic E-state index is -0.659. The number of thiophene rings is 1. The molecule has 1 aliphatic heterocycles. The van der Waals surface area contributed by atoms with Gasteiger partial charge in [0.1, 0.15) is 16.8 Å². The van der Waals surface area contributed by atoms with Gasteiger partial charge in [-0.05, 0) is 53.4 Å². The molecule has 13 heteroatoms. The highest BCUT2D eigenvalue weighted by Crippen LogP contribution is 2.38. The number of anilines is 1. The van der Waals surface area contributed by atoms with Gasteiger partial charge >= 0.3 is 11.7 Å². The molecule has 0 aliphatic carbocycles. The number of nitrogens with zero attached hydrogens (tertiary/aromatic N) is 2. The quantitative estimate of drug-likeness (QED) is 0.150. The highest BCUT2D eigenvalue weighted by atomic mass is 32.1. The summed E-state index contributed by atoms with van der Waals surface area (Å²) in [6, 6.07) is 11.6. The number of amidine groups is 1. The zero-order valence-electron chi connectivity index (χ0n) is 20.4. The fourth-order valence-corrected chi connectivity index (χ4v) is 4.88. The zero-order valence-corrected chi connectivity index (χ0v) is 21.3. The highest BCUT2D eigenvalue weighted by Gasteiger charge is 2.26. The van der Waals surface area contributed by atoms with Crippen molar-refractivity contribution >= 4 is 28.8 Å². The van der Waals surface area contributed by atoms with Gasteiger partial charge < -0.3 is 30.0 Å². The van der Waals surface area contributed by atoms with Crippen molar-refractivity contribution in [1.82, 2.24) is 14.8 Å². The highest BCUT2D eigenvalue weighted by molar-refractivity contribution is 7.12. The van der Waals surface area contributed by atoms with Crippen molar-refractivity contribution in [2.24, 2.45) is 5.73 Å². The van der Waals surface area contributed by atoms with Gasteiger partial charge in [-0.3, -0.25) is 10.4 Å². The molecular weight excluding hydrogens is 512 g/mol. The summed E-state index contributed by atoms with van der Waals surface area (Å²) in [5.41, 5.74) is 8.12. The van der Waals surface area contributed by atoms with Crippen LogP contribution in [0.15, 0.2) is 52.6 Å². The number of aromatic nitrogens is 3. The number of hydrogen-bond donors (Lipinski definition) is 4. The summed E-state index contributed by atoms with van der Waals surface area (Å²) in [7, 11) is 2.82. The molecule has 5 N–H and O–H groups in total. The van der Waals surface area contributed by atoms with Gasteiger partial charge in [0.05, 0.1) is 26.5 Å². The van der Waals surface area contributed by atoms with Gasteiger partial charge in [0, 0.05) is 16.8 Å². The Balaban J connectivity index is 1.61. The number of fused-ring (bicyclic) bond motifs is 1. The Kier molecular flexibility index (Phi) is 6.85. The average Bonchev–Trinajstić information content (AvgIpc) is 3.57. The van der Waals surface area contributed by atoms with E-state index in [4.69, 9.17) is 30.1 Å². The number of H-pyrrole nitrogens is 1. The van der Waals surface area contributed by atoms with E-state index in [-0.39, 0.29) is 23.3 Å². The van der Waals surface area contributed by atoms with Crippen LogP contribution in [0.3, 0.4) is 0 Å². The molecular formula is C25H24N6O6S. The van der Waals surface area contributed by atoms with Gasteiger partial charge in [-0.25, -0.2) is 9.59 Å². The van der Waals surface area contributed by atoms with Crippen LogP contribution in [0.4, 0.5) is 5.69 Å². The van der Waals surface area contributed by atoms with E-state index in [0.717, 1.165) is 21.6 Å². The van der Waals surface area contributed by atoms with Gasteiger partial charge in [0.25, 0.3) is 0 Å². The second-order valence-electron chi connectivity index (χ2n) is 8.24. The first-order valence-electron chi connectivity index (χ1n) is 11.4. The molecule has 0 spiro atoms. The van der Waals surface area contributed by atoms with Crippen LogP contribution in [0.25, 0.3) is 5.69 Å². The summed E-state index contributed by atoms with van der Waals surface area (Å²) in [6.45, 7) is 0.440. The molecule has 0 saturated heterocycles. The monoisotopic (exact) mass is 536 g/mol. The van der Waals surface area contributed by atoms with Crippen LogP contribution in [-0.4, -0.2) is 47.6 Å². The summed E-state index contributed by atoms with van der Waals surface area (Å²) in [6.07, 6.45) is 0. The number of aromatic amines is 1. The zero-order chi connectivity index (χ0) is 26.8. The van der Waals surface area contributed by atoms with E-state index >= 15 is 0 Å². The average molecular weight is 537 g/mol. The lowest BCUT2D eigenvalue weighted by Crippen LogP contribution is -2.18. The molecule has 2 aromatic heterocycles. The molecule has 0 fully saturated rings. The minimum absolute atomic E-state index is 0.0484. The first kappa shape index (κ1) is 25.0. The van der Waals surface area contributed by atoms with Crippen molar-refractivity contribution < 1.29 is 23.7 Å². The van der Waals surface area contributed by atoms with Crippen molar-refractivity contribution in [1.29, 1.82) is 5.41 Å². The fourth-order valence-electron chi connectivity index (χ4n) is 4.10. The van der Waals surface area contributed by atoms with Gasteiger partial charge in [-0.1, -0.05) is 0 Å². The molecule has 38 heavy (non-hydrogen) atoms. The normalized spacial score (nSPS) is 13.2. The number of rotatable bonds is 8. The predicted molar refractivity (Wildman–Crippen MR) is 140 cm³/mol. The molecule has 3 heterocycles. The number of ether oxygens (including phenoxy) is 4. The molecule has 0 radical (unpaired) electrons. The molecule has 0 amide bonds. The number of esters is 1. The van der Waals surface area contributed by atoms with Gasteiger partial charge in [0.2, 0.25) is 0 Å². The van der Waals surface area contributed by atoms with Crippen LogP contribution in [0.1, 0.15) is 38.2 Å². The molecule has 1 aliphatic rings. The molecule has 2 aromatic carbocycles. The number of nitrogens with two attached hydrogens (primary N) is 1. The van der Waals surface area contributed by atoms with Gasteiger partial charge in [-0.2, -0.15) is 4.68 Å². The van der Waals surface area contributed by atoms with Crippen molar-refractivity contribution in [3.8, 4) is 17.2 Å². The van der Waals surface area contributed by atoms with E-state index in [1.807, 2.05) is 6.07 Å². The third-order valence-corrected chi connectivity index (χ3v) is 6.79. The lowest BCUT2D eigenvalue weighted by Gasteiger charge is -2.24. The Bertz CT molecular complexity index is 1540. The van der Waals surface area contributed by atoms with Crippen LogP contribution < -0.4 is 26.2 Å². The molecule has 1 atom stereocenters. The van der Waals surface area contributed by atoms with Crippen LogP contribution in [-0.2, 0) is 16.1 Å². The third kappa shape index (κ3) is 4.71. The molecule has 5 rings (SSSR count). The van der Waals surface area contributed by atoms with E-state index in [9.17, 15) is 9.59 Å². The first-order valence-corrected chi connectivity index (χ1v) is 12.2. The number of nitrogens with one attached hydrogen (secondary N) is 3. The van der Waals surface area contributed by atoms with E-state index in [0.29, 0.717) is 40.6 Å². The Morgan fingerprint density at radius 1 is 1.26 bits per heavy atom. The second kappa shape index (κ2) is 10.4. The van der Waals surface area contributed by atoms with Crippen molar-refractivity contribution in [3.63, 3.8) is 0 Å². The van der Waals surface area contributed by atoms with Crippen molar-refractivity contribution in [3.05, 3.63) is 85.7 Å². The number of nitrogen functional groups attached to an aromatic ring is 1. The van der Waals surface area contributed by atoms with Gasteiger partial charge in [0.15, 0.2) is 24.1 Å². The molecule has 12 nitrogen and oxygen atoms in total. The van der Waals surface area contributed by atoms with E-state index in [1.165, 1.54) is 7.11 Å². The maximum Gasteiger partial charge on any atom is 0.350 e. The van der Waals surface area contributed by atoms with Crippen molar-refractivity contribution in [2.45, 2.75) is 12.6 Å². The standard InChI is InChI=1S/C25H24N6O6S/c1-34-18-10-14(9-15-11-36-12-37-20(15)18)19(28-16-5-3-13(4-6-16)22(26)27)23-29-25(33)31(30-23)17-7-8-38-21(17)24(32)35-2/h3-10,19,28H,11-12H2,1-2H3,(H3,26,27)(H,29,30,33). The Morgan fingerprint density at radius 2 is 2.05 bits per heavy atom. The van der Waals surface area contributed by atoms with Crippen LogP contribution in [0.5, 0.6) is 11.5 Å². The maximum absolute atomic E-state index is 13.0. The van der Waals surface area contributed by atoms with E-state index < -0.39 is 17.7 Å².